The van der Waals surface area contributed by atoms with E-state index in [-0.39, 0.29) is 23.9 Å². The fourth-order valence-electron chi connectivity index (χ4n) is 4.03. The lowest BCUT2D eigenvalue weighted by atomic mass is 10.0. The van der Waals surface area contributed by atoms with E-state index >= 15 is 0 Å². The molecule has 0 aromatic heterocycles. The number of para-hydroxylation sites is 2. The summed E-state index contributed by atoms with van der Waals surface area (Å²) in [5, 5.41) is 20.0. The highest BCUT2D eigenvalue weighted by atomic mass is 19.1. The number of rotatable bonds is 7. The van der Waals surface area contributed by atoms with Gasteiger partial charge in [0.2, 0.25) is 0 Å². The molecule has 1 atom stereocenters. The molecule has 1 aliphatic heterocycles. The number of hydrogen-bond donors (Lipinski definition) is 2. The third-order valence-electron chi connectivity index (χ3n) is 5.85. The SMILES string of the molecule is Oc1ccccc1O[C@@H](CCc1ccc(-c2ccccc2F)cc1)N1CCC(O)CC1. The van der Waals surface area contributed by atoms with Gasteiger partial charge in [0.1, 0.15) is 5.82 Å². The van der Waals surface area contributed by atoms with E-state index in [0.717, 1.165) is 49.9 Å². The fraction of sp³-hybridized carbons (Fsp3) is 0.308. The van der Waals surface area contributed by atoms with Crippen LogP contribution in [0.25, 0.3) is 11.1 Å². The Labute approximate surface area is 182 Å². The van der Waals surface area contributed by atoms with Gasteiger partial charge in [0.05, 0.1) is 6.10 Å². The summed E-state index contributed by atoms with van der Waals surface area (Å²) in [6, 6.07) is 21.7. The number of aliphatic hydroxyl groups is 1. The van der Waals surface area contributed by atoms with E-state index in [0.29, 0.717) is 11.3 Å². The zero-order valence-electron chi connectivity index (χ0n) is 17.5. The van der Waals surface area contributed by atoms with E-state index in [2.05, 4.69) is 4.90 Å². The lowest BCUT2D eigenvalue weighted by molar-refractivity contribution is -0.0221. The lowest BCUT2D eigenvalue weighted by Gasteiger charge is -2.36. The first-order valence-electron chi connectivity index (χ1n) is 10.8. The molecule has 2 N–H and O–H groups in total. The maximum absolute atomic E-state index is 14.0. The molecule has 3 aromatic carbocycles. The zero-order valence-corrected chi connectivity index (χ0v) is 17.5. The highest BCUT2D eigenvalue weighted by Gasteiger charge is 2.26. The van der Waals surface area contributed by atoms with Crippen molar-refractivity contribution in [3.8, 4) is 22.6 Å². The van der Waals surface area contributed by atoms with Crippen molar-refractivity contribution in [1.29, 1.82) is 0 Å². The van der Waals surface area contributed by atoms with Crippen molar-refractivity contribution in [2.75, 3.05) is 13.1 Å². The van der Waals surface area contributed by atoms with E-state index in [1.165, 1.54) is 6.07 Å². The topological polar surface area (TPSA) is 52.9 Å². The van der Waals surface area contributed by atoms with Crippen LogP contribution < -0.4 is 4.74 Å². The number of aromatic hydroxyl groups is 1. The lowest BCUT2D eigenvalue weighted by Crippen LogP contribution is -2.45. The number of aliphatic hydroxyl groups excluding tert-OH is 1. The molecule has 0 radical (unpaired) electrons. The Bertz CT molecular complexity index is 984. The maximum Gasteiger partial charge on any atom is 0.163 e. The monoisotopic (exact) mass is 421 g/mol. The molecule has 0 aliphatic carbocycles. The minimum absolute atomic E-state index is 0.124. The second-order valence-corrected chi connectivity index (χ2v) is 8.02. The number of benzene rings is 3. The van der Waals surface area contributed by atoms with Gasteiger partial charge in [0.25, 0.3) is 0 Å². The van der Waals surface area contributed by atoms with Gasteiger partial charge in [-0.1, -0.05) is 54.6 Å². The third-order valence-corrected chi connectivity index (χ3v) is 5.85. The normalized spacial score (nSPS) is 16.2. The molecule has 5 heteroatoms. The van der Waals surface area contributed by atoms with Crippen LogP contribution in [-0.4, -0.2) is 40.5 Å². The molecule has 0 amide bonds. The van der Waals surface area contributed by atoms with Gasteiger partial charge in [-0.05, 0) is 48.6 Å². The summed E-state index contributed by atoms with van der Waals surface area (Å²) in [6.07, 6.45) is 2.51. The van der Waals surface area contributed by atoms with Crippen molar-refractivity contribution in [3.63, 3.8) is 0 Å². The van der Waals surface area contributed by atoms with E-state index in [9.17, 15) is 14.6 Å². The Morgan fingerprint density at radius 1 is 0.935 bits per heavy atom. The van der Waals surface area contributed by atoms with Crippen molar-refractivity contribution in [3.05, 3.63) is 84.2 Å². The fourth-order valence-corrected chi connectivity index (χ4v) is 4.03. The average Bonchev–Trinajstić information content (AvgIpc) is 2.79. The Morgan fingerprint density at radius 2 is 1.61 bits per heavy atom. The number of piperidine rings is 1. The summed E-state index contributed by atoms with van der Waals surface area (Å²) in [5.41, 5.74) is 2.60. The first-order chi connectivity index (χ1) is 15.1. The number of phenols is 1. The molecule has 1 heterocycles. The van der Waals surface area contributed by atoms with Gasteiger partial charge in [-0.3, -0.25) is 4.90 Å². The molecule has 162 valence electrons. The van der Waals surface area contributed by atoms with Crippen molar-refractivity contribution < 1.29 is 19.3 Å². The Kier molecular flexibility index (Phi) is 6.85. The van der Waals surface area contributed by atoms with Crippen LogP contribution in [0.15, 0.2) is 72.8 Å². The van der Waals surface area contributed by atoms with Crippen molar-refractivity contribution in [1.82, 2.24) is 4.90 Å². The van der Waals surface area contributed by atoms with Crippen LogP contribution in [0.2, 0.25) is 0 Å². The van der Waals surface area contributed by atoms with Crippen LogP contribution in [0.3, 0.4) is 0 Å². The van der Waals surface area contributed by atoms with E-state index in [4.69, 9.17) is 4.74 Å². The number of likely N-dealkylation sites (tertiary alicyclic amines) is 1. The maximum atomic E-state index is 14.0. The number of aryl methyl sites for hydroxylation is 1. The molecule has 1 saturated heterocycles. The van der Waals surface area contributed by atoms with Crippen LogP contribution in [0.5, 0.6) is 11.5 Å². The molecule has 0 bridgehead atoms. The number of phenolic OH excluding ortho intramolecular Hbond substituents is 1. The largest absolute Gasteiger partial charge is 0.504 e. The Balaban J connectivity index is 1.45. The summed E-state index contributed by atoms with van der Waals surface area (Å²) >= 11 is 0. The Morgan fingerprint density at radius 3 is 2.32 bits per heavy atom. The van der Waals surface area contributed by atoms with Crippen molar-refractivity contribution in [2.24, 2.45) is 0 Å². The van der Waals surface area contributed by atoms with Gasteiger partial charge in [-0.25, -0.2) is 4.39 Å². The Hall–Kier alpha value is -2.89. The molecule has 31 heavy (non-hydrogen) atoms. The summed E-state index contributed by atoms with van der Waals surface area (Å²) in [5.74, 6) is 0.367. The molecule has 1 aliphatic rings. The van der Waals surface area contributed by atoms with Gasteiger partial charge in [-0.15, -0.1) is 0 Å². The van der Waals surface area contributed by atoms with Gasteiger partial charge in [0.15, 0.2) is 17.7 Å². The summed E-state index contributed by atoms with van der Waals surface area (Å²) in [4.78, 5) is 2.23. The van der Waals surface area contributed by atoms with Gasteiger partial charge >= 0.3 is 0 Å². The number of hydrogen-bond acceptors (Lipinski definition) is 4. The average molecular weight is 422 g/mol. The van der Waals surface area contributed by atoms with Gasteiger partial charge in [-0.2, -0.15) is 0 Å². The summed E-state index contributed by atoms with van der Waals surface area (Å²) in [6.45, 7) is 1.51. The first kappa shape index (κ1) is 21.3. The summed E-state index contributed by atoms with van der Waals surface area (Å²) in [7, 11) is 0. The van der Waals surface area contributed by atoms with Crippen molar-refractivity contribution in [2.45, 2.75) is 38.0 Å². The van der Waals surface area contributed by atoms with Crippen molar-refractivity contribution >= 4 is 0 Å². The molecule has 4 rings (SSSR count). The second-order valence-electron chi connectivity index (χ2n) is 8.02. The third kappa shape index (κ3) is 5.43. The molecule has 0 unspecified atom stereocenters. The minimum Gasteiger partial charge on any atom is -0.504 e. The predicted octanol–water partition coefficient (Wildman–Crippen LogP) is 4.99. The van der Waals surface area contributed by atoms with Gasteiger partial charge in [0, 0.05) is 25.1 Å². The highest BCUT2D eigenvalue weighted by Crippen LogP contribution is 2.29. The highest BCUT2D eigenvalue weighted by molar-refractivity contribution is 5.64. The predicted molar refractivity (Wildman–Crippen MR) is 119 cm³/mol. The van der Waals surface area contributed by atoms with E-state index in [1.807, 2.05) is 36.4 Å². The van der Waals surface area contributed by atoms with Crippen LogP contribution in [0, 0.1) is 5.82 Å². The molecular formula is C26H28FNO3. The number of halogens is 1. The number of ether oxygens (including phenoxy) is 1. The van der Waals surface area contributed by atoms with E-state index < -0.39 is 0 Å². The molecule has 0 spiro atoms. The first-order valence-corrected chi connectivity index (χ1v) is 10.8. The smallest absolute Gasteiger partial charge is 0.163 e. The van der Waals surface area contributed by atoms with Crippen LogP contribution in [0.4, 0.5) is 4.39 Å². The molecule has 1 fully saturated rings. The minimum atomic E-state index is -0.257. The van der Waals surface area contributed by atoms with Gasteiger partial charge < -0.3 is 14.9 Å². The van der Waals surface area contributed by atoms with E-state index in [1.54, 1.807) is 30.3 Å². The molecule has 3 aromatic rings. The molecule has 0 saturated carbocycles. The number of nitrogens with zero attached hydrogens (tertiary/aromatic N) is 1. The zero-order chi connectivity index (χ0) is 21.6. The van der Waals surface area contributed by atoms with Crippen LogP contribution in [-0.2, 0) is 6.42 Å². The van der Waals surface area contributed by atoms with Crippen LogP contribution in [0.1, 0.15) is 24.8 Å². The van der Waals surface area contributed by atoms with Crippen LogP contribution >= 0.6 is 0 Å². The standard InChI is InChI=1S/C26H28FNO3/c27-23-6-2-1-5-22(23)20-12-9-19(10-13-20)11-14-26(28-17-15-21(29)16-18-28)31-25-8-4-3-7-24(25)30/h1-10,12-13,21,26,29-30H,11,14-18H2/t26-/m0/s1. The molecule has 4 nitrogen and oxygen atoms in total. The molecular weight excluding hydrogens is 393 g/mol. The quantitative estimate of drug-likeness (QED) is 0.564. The summed E-state index contributed by atoms with van der Waals surface area (Å²) < 4.78 is 20.2. The second kappa shape index (κ2) is 9.94.